The predicted molar refractivity (Wildman–Crippen MR) is 111 cm³/mol. The summed E-state index contributed by atoms with van der Waals surface area (Å²) in [6, 6.07) is 4.08. The maximum absolute atomic E-state index is 12.6. The number of carbonyl (C=O) groups excluding carboxylic acids is 1. The van der Waals surface area contributed by atoms with Crippen LogP contribution in [-0.4, -0.2) is 53.7 Å². The van der Waals surface area contributed by atoms with Gasteiger partial charge in [-0.1, -0.05) is 5.21 Å². The Balaban J connectivity index is 1.35. The second-order valence-electron chi connectivity index (χ2n) is 7.41. The van der Waals surface area contributed by atoms with Crippen molar-refractivity contribution in [2.45, 2.75) is 18.9 Å². The van der Waals surface area contributed by atoms with E-state index >= 15 is 0 Å². The number of nitrogens with zero attached hydrogens (tertiary/aromatic N) is 7. The van der Waals surface area contributed by atoms with Crippen LogP contribution >= 0.6 is 0 Å². The molecule has 5 heterocycles. The molecule has 5 rings (SSSR count). The molecule has 4 aromatic heterocycles. The Morgan fingerprint density at radius 3 is 2.77 bits per heavy atom. The molecule has 0 radical (unpaired) electrons. The Hall–Kier alpha value is -3.66. The van der Waals surface area contributed by atoms with Gasteiger partial charge in [-0.15, -0.1) is 5.10 Å². The Morgan fingerprint density at radius 2 is 1.97 bits per heavy atom. The van der Waals surface area contributed by atoms with Crippen LogP contribution < -0.4 is 10.6 Å². The van der Waals surface area contributed by atoms with E-state index in [4.69, 9.17) is 0 Å². The highest BCUT2D eigenvalue weighted by Crippen LogP contribution is 2.23. The van der Waals surface area contributed by atoms with E-state index in [1.54, 1.807) is 40.2 Å². The molecule has 0 saturated carbocycles. The molecule has 1 aliphatic heterocycles. The molecule has 10 heteroatoms. The Bertz CT molecular complexity index is 1210. The van der Waals surface area contributed by atoms with Crippen molar-refractivity contribution in [1.29, 1.82) is 0 Å². The number of amides is 1. The Kier molecular flexibility index (Phi) is 4.68. The summed E-state index contributed by atoms with van der Waals surface area (Å²) in [5, 5.41) is 19.4. The number of rotatable bonds is 4. The van der Waals surface area contributed by atoms with E-state index in [0.717, 1.165) is 48.0 Å². The number of aromatic nitrogens is 7. The molecule has 10 nitrogen and oxygen atoms in total. The molecule has 2 N–H and O–H groups in total. The summed E-state index contributed by atoms with van der Waals surface area (Å²) in [5.41, 5.74) is 2.95. The zero-order valence-electron chi connectivity index (χ0n) is 16.5. The molecule has 0 bridgehead atoms. The van der Waals surface area contributed by atoms with Gasteiger partial charge in [0.15, 0.2) is 5.69 Å². The van der Waals surface area contributed by atoms with E-state index in [1.807, 2.05) is 19.3 Å². The lowest BCUT2D eigenvalue weighted by molar-refractivity contribution is 0.102. The molecule has 1 amide bonds. The molecule has 0 aromatic carbocycles. The molecule has 0 unspecified atom stereocenters. The number of piperidine rings is 1. The van der Waals surface area contributed by atoms with Crippen LogP contribution in [0, 0.1) is 0 Å². The van der Waals surface area contributed by atoms with Crippen molar-refractivity contribution in [2.24, 2.45) is 7.05 Å². The number of fused-ring (bicyclic) bond motifs is 1. The van der Waals surface area contributed by atoms with Crippen LogP contribution in [0.15, 0.2) is 43.1 Å². The summed E-state index contributed by atoms with van der Waals surface area (Å²) in [7, 11) is 1.87. The third-order valence-corrected chi connectivity index (χ3v) is 5.27. The van der Waals surface area contributed by atoms with Crippen molar-refractivity contribution in [3.05, 3.63) is 48.8 Å². The van der Waals surface area contributed by atoms with Gasteiger partial charge in [0.2, 0.25) is 0 Å². The van der Waals surface area contributed by atoms with Crippen molar-refractivity contribution in [3.8, 4) is 11.1 Å². The first-order valence-corrected chi connectivity index (χ1v) is 9.84. The van der Waals surface area contributed by atoms with Crippen molar-refractivity contribution in [3.63, 3.8) is 0 Å². The van der Waals surface area contributed by atoms with Crippen molar-refractivity contribution >= 4 is 22.6 Å². The number of carbonyl (C=O) groups is 1. The topological polar surface area (TPSA) is 115 Å². The lowest BCUT2D eigenvalue weighted by Crippen LogP contribution is -2.29. The minimum Gasteiger partial charge on any atom is -0.317 e. The van der Waals surface area contributed by atoms with E-state index in [-0.39, 0.29) is 17.6 Å². The first-order chi connectivity index (χ1) is 14.7. The van der Waals surface area contributed by atoms with Crippen molar-refractivity contribution in [1.82, 2.24) is 40.1 Å². The third-order valence-electron chi connectivity index (χ3n) is 5.27. The Labute approximate surface area is 172 Å². The third kappa shape index (κ3) is 3.64. The molecule has 0 spiro atoms. The maximum Gasteiger partial charge on any atom is 0.278 e. The average Bonchev–Trinajstić information content (AvgIpc) is 3.43. The first-order valence-electron chi connectivity index (χ1n) is 9.84. The zero-order chi connectivity index (χ0) is 20.5. The molecule has 1 fully saturated rings. The number of pyridine rings is 2. The van der Waals surface area contributed by atoms with Crippen molar-refractivity contribution in [2.75, 3.05) is 18.4 Å². The number of nitrogens with one attached hydrogen (secondary N) is 2. The SMILES string of the molecule is Cn1cc(-c2cnc3cnc(NC(=O)c4cn(C5CCNCC5)nn4)cc3c2)cn1. The summed E-state index contributed by atoms with van der Waals surface area (Å²) in [6.45, 7) is 1.89. The van der Waals surface area contributed by atoms with Gasteiger partial charge in [0.05, 0.1) is 30.1 Å². The molecule has 0 atom stereocenters. The first kappa shape index (κ1) is 18.4. The molecule has 4 aromatic rings. The van der Waals surface area contributed by atoms with Gasteiger partial charge in [-0.25, -0.2) is 9.67 Å². The van der Waals surface area contributed by atoms with Crippen LogP contribution in [0.25, 0.3) is 22.0 Å². The van der Waals surface area contributed by atoms with Gasteiger partial charge in [0.25, 0.3) is 5.91 Å². The highest BCUT2D eigenvalue weighted by atomic mass is 16.2. The van der Waals surface area contributed by atoms with Crippen LogP contribution in [0.4, 0.5) is 5.82 Å². The number of anilines is 1. The standard InChI is InChI=1S/C20H21N9O/c1-28-11-15(9-24-28)14-6-13-7-19(23-10-17(13)22-8-14)25-20(30)18-12-29(27-26-18)16-2-4-21-5-3-16/h6-12,16,21H,2-5H2,1H3,(H,23,25,30). The number of aryl methyl sites for hydroxylation is 1. The van der Waals surface area contributed by atoms with E-state index in [0.29, 0.717) is 5.82 Å². The molecule has 0 aliphatic carbocycles. The second-order valence-corrected chi connectivity index (χ2v) is 7.41. The van der Waals surface area contributed by atoms with Gasteiger partial charge < -0.3 is 10.6 Å². The van der Waals surface area contributed by atoms with E-state index in [2.05, 4.69) is 36.0 Å². The molecule has 1 saturated heterocycles. The summed E-state index contributed by atoms with van der Waals surface area (Å²) in [6.07, 6.45) is 10.8. The predicted octanol–water partition coefficient (Wildman–Crippen LogP) is 1.80. The largest absolute Gasteiger partial charge is 0.317 e. The Morgan fingerprint density at radius 1 is 1.10 bits per heavy atom. The van der Waals surface area contributed by atoms with Gasteiger partial charge in [0.1, 0.15) is 5.82 Å². The van der Waals surface area contributed by atoms with Gasteiger partial charge >= 0.3 is 0 Å². The highest BCUT2D eigenvalue weighted by Gasteiger charge is 2.19. The van der Waals surface area contributed by atoms with E-state index in [9.17, 15) is 4.79 Å². The minimum absolute atomic E-state index is 0.274. The van der Waals surface area contributed by atoms with E-state index < -0.39 is 0 Å². The van der Waals surface area contributed by atoms with Gasteiger partial charge in [0, 0.05) is 36.0 Å². The fourth-order valence-electron chi connectivity index (χ4n) is 3.64. The molecular formula is C20H21N9O. The number of hydrogen-bond donors (Lipinski definition) is 2. The second kappa shape index (κ2) is 7.64. The minimum atomic E-state index is -0.335. The average molecular weight is 403 g/mol. The summed E-state index contributed by atoms with van der Waals surface area (Å²) in [5.74, 6) is 0.104. The molecule has 30 heavy (non-hydrogen) atoms. The summed E-state index contributed by atoms with van der Waals surface area (Å²) >= 11 is 0. The van der Waals surface area contributed by atoms with Crippen LogP contribution in [-0.2, 0) is 7.05 Å². The molecular weight excluding hydrogens is 382 g/mol. The monoisotopic (exact) mass is 403 g/mol. The maximum atomic E-state index is 12.6. The van der Waals surface area contributed by atoms with Crippen LogP contribution in [0.5, 0.6) is 0 Å². The van der Waals surface area contributed by atoms with Gasteiger partial charge in [-0.2, -0.15) is 5.10 Å². The lowest BCUT2D eigenvalue weighted by atomic mass is 10.1. The fraction of sp³-hybridized carbons (Fsp3) is 0.300. The van der Waals surface area contributed by atoms with Crippen LogP contribution in [0.3, 0.4) is 0 Å². The van der Waals surface area contributed by atoms with Crippen LogP contribution in [0.1, 0.15) is 29.4 Å². The molecule has 1 aliphatic rings. The smallest absolute Gasteiger partial charge is 0.278 e. The number of hydrogen-bond acceptors (Lipinski definition) is 7. The molecule has 152 valence electrons. The summed E-state index contributed by atoms with van der Waals surface area (Å²) in [4.78, 5) is 21.4. The normalized spacial score (nSPS) is 14.8. The quantitative estimate of drug-likeness (QED) is 0.534. The summed E-state index contributed by atoms with van der Waals surface area (Å²) < 4.78 is 3.53. The zero-order valence-corrected chi connectivity index (χ0v) is 16.5. The van der Waals surface area contributed by atoms with Gasteiger partial charge in [-0.05, 0) is 38.1 Å². The highest BCUT2D eigenvalue weighted by molar-refractivity contribution is 6.02. The van der Waals surface area contributed by atoms with Crippen molar-refractivity contribution < 1.29 is 4.79 Å². The van der Waals surface area contributed by atoms with E-state index in [1.165, 1.54) is 0 Å². The van der Waals surface area contributed by atoms with Crippen LogP contribution in [0.2, 0.25) is 0 Å². The van der Waals surface area contributed by atoms with Gasteiger partial charge in [-0.3, -0.25) is 14.5 Å². The fourth-order valence-corrected chi connectivity index (χ4v) is 3.64. The lowest BCUT2D eigenvalue weighted by Gasteiger charge is -2.22.